The molecule has 0 aliphatic heterocycles. The molecule has 3 aromatic rings. The Morgan fingerprint density at radius 3 is 2.32 bits per heavy atom. The number of non-ortho nitro benzene ring substituents is 1. The van der Waals surface area contributed by atoms with E-state index in [1.54, 1.807) is 36.4 Å². The van der Waals surface area contributed by atoms with Crippen molar-refractivity contribution >= 4 is 41.3 Å². The van der Waals surface area contributed by atoms with Crippen LogP contribution < -0.4 is 15.5 Å². The molecule has 0 unspecified atom stereocenters. The second-order valence-corrected chi connectivity index (χ2v) is 7.13. The zero-order valence-corrected chi connectivity index (χ0v) is 18.2. The molecule has 10 nitrogen and oxygen atoms in total. The van der Waals surface area contributed by atoms with E-state index in [1.807, 2.05) is 0 Å². The SMILES string of the molecule is O=C(CNC(=O)c1ccccc1Cl)N/N=C/c1ccc(OC(=O)c2ccc([N+](=O)[O-])cc2)cc1. The first-order chi connectivity index (χ1) is 16.3. The maximum Gasteiger partial charge on any atom is 0.343 e. The highest BCUT2D eigenvalue weighted by Gasteiger charge is 2.12. The summed E-state index contributed by atoms with van der Waals surface area (Å²) < 4.78 is 5.23. The molecule has 0 fully saturated rings. The lowest BCUT2D eigenvalue weighted by Gasteiger charge is -2.06. The highest BCUT2D eigenvalue weighted by Crippen LogP contribution is 2.16. The Morgan fingerprint density at radius 2 is 1.68 bits per heavy atom. The van der Waals surface area contributed by atoms with Crippen LogP contribution in [0.15, 0.2) is 77.9 Å². The number of amides is 2. The number of nitro groups is 1. The minimum atomic E-state index is -0.664. The van der Waals surface area contributed by atoms with Crippen molar-refractivity contribution in [2.75, 3.05) is 6.54 Å². The lowest BCUT2D eigenvalue weighted by molar-refractivity contribution is -0.384. The summed E-state index contributed by atoms with van der Waals surface area (Å²) in [5, 5.41) is 17.2. The van der Waals surface area contributed by atoms with Gasteiger partial charge in [-0.05, 0) is 54.1 Å². The second-order valence-electron chi connectivity index (χ2n) is 6.72. The number of benzene rings is 3. The van der Waals surface area contributed by atoms with Crippen LogP contribution in [-0.4, -0.2) is 35.5 Å². The maximum atomic E-state index is 12.1. The van der Waals surface area contributed by atoms with E-state index < -0.39 is 22.7 Å². The Kier molecular flexibility index (Phi) is 8.03. The van der Waals surface area contributed by atoms with Crippen molar-refractivity contribution < 1.29 is 24.0 Å². The van der Waals surface area contributed by atoms with Crippen molar-refractivity contribution in [1.82, 2.24) is 10.7 Å². The number of esters is 1. The van der Waals surface area contributed by atoms with E-state index in [-0.39, 0.29) is 34.1 Å². The molecule has 0 aliphatic carbocycles. The Labute approximate surface area is 198 Å². The molecule has 2 N–H and O–H groups in total. The van der Waals surface area contributed by atoms with Gasteiger partial charge in [-0.25, -0.2) is 10.2 Å². The van der Waals surface area contributed by atoms with Crippen LogP contribution in [0, 0.1) is 10.1 Å². The highest BCUT2D eigenvalue weighted by atomic mass is 35.5. The quantitative estimate of drug-likeness (QED) is 0.166. The van der Waals surface area contributed by atoms with E-state index in [9.17, 15) is 24.5 Å². The standard InChI is InChI=1S/C23H17ClN4O6/c24-20-4-2-1-3-19(20)22(30)25-14-21(29)27-26-13-15-5-11-18(12-6-15)34-23(31)16-7-9-17(10-8-16)28(32)33/h1-13H,14H2,(H,25,30)(H,27,29)/b26-13+. The Hall–Kier alpha value is -4.57. The van der Waals surface area contributed by atoms with Crippen LogP contribution in [0.4, 0.5) is 5.69 Å². The van der Waals surface area contributed by atoms with Crippen molar-refractivity contribution in [2.45, 2.75) is 0 Å². The minimum Gasteiger partial charge on any atom is -0.423 e. The maximum absolute atomic E-state index is 12.1. The van der Waals surface area contributed by atoms with Crippen LogP contribution in [-0.2, 0) is 4.79 Å². The fourth-order valence-corrected chi connectivity index (χ4v) is 2.85. The zero-order valence-electron chi connectivity index (χ0n) is 17.4. The molecular formula is C23H17ClN4O6. The fourth-order valence-electron chi connectivity index (χ4n) is 2.63. The molecule has 0 bridgehead atoms. The second kappa shape index (κ2) is 11.3. The van der Waals surface area contributed by atoms with E-state index in [1.165, 1.54) is 42.6 Å². The molecular weight excluding hydrogens is 464 g/mol. The number of hydrazone groups is 1. The molecule has 34 heavy (non-hydrogen) atoms. The summed E-state index contributed by atoms with van der Waals surface area (Å²) in [6, 6.07) is 17.8. The van der Waals surface area contributed by atoms with E-state index in [2.05, 4.69) is 15.8 Å². The smallest absolute Gasteiger partial charge is 0.343 e. The first-order valence-electron chi connectivity index (χ1n) is 9.75. The van der Waals surface area contributed by atoms with E-state index >= 15 is 0 Å². The van der Waals surface area contributed by atoms with E-state index in [0.29, 0.717) is 5.56 Å². The van der Waals surface area contributed by atoms with Crippen LogP contribution in [0.5, 0.6) is 5.75 Å². The first kappa shape index (κ1) is 24.1. The van der Waals surface area contributed by atoms with Crippen LogP contribution >= 0.6 is 11.6 Å². The third kappa shape index (κ3) is 6.71. The number of carbonyl (C=O) groups is 3. The molecule has 0 saturated carbocycles. The first-order valence-corrected chi connectivity index (χ1v) is 10.1. The summed E-state index contributed by atoms with van der Waals surface area (Å²) >= 11 is 5.94. The molecule has 0 radical (unpaired) electrons. The molecule has 3 aromatic carbocycles. The average molecular weight is 481 g/mol. The summed E-state index contributed by atoms with van der Waals surface area (Å²) in [5.74, 6) is -1.43. The Balaban J connectivity index is 1.46. The fraction of sp³-hybridized carbons (Fsp3) is 0.0435. The topological polar surface area (TPSA) is 140 Å². The normalized spacial score (nSPS) is 10.5. The molecule has 0 spiro atoms. The molecule has 0 heterocycles. The predicted octanol–water partition coefficient (Wildman–Crippen LogP) is 3.35. The van der Waals surface area contributed by atoms with Crippen LogP contribution in [0.2, 0.25) is 5.02 Å². The molecule has 3 rings (SSSR count). The molecule has 0 saturated heterocycles. The lowest BCUT2D eigenvalue weighted by atomic mass is 10.2. The van der Waals surface area contributed by atoms with Gasteiger partial charge in [0, 0.05) is 12.1 Å². The molecule has 0 atom stereocenters. The number of hydrogen-bond donors (Lipinski definition) is 2. The minimum absolute atomic E-state index is 0.129. The number of hydrogen-bond acceptors (Lipinski definition) is 7. The lowest BCUT2D eigenvalue weighted by Crippen LogP contribution is -2.35. The van der Waals surface area contributed by atoms with Gasteiger partial charge in [0.2, 0.25) is 0 Å². The monoisotopic (exact) mass is 480 g/mol. The Morgan fingerprint density at radius 1 is 1.00 bits per heavy atom. The molecule has 2 amide bonds. The van der Waals surface area contributed by atoms with Crippen LogP contribution in [0.3, 0.4) is 0 Å². The van der Waals surface area contributed by atoms with Crippen LogP contribution in [0.1, 0.15) is 26.3 Å². The summed E-state index contributed by atoms with van der Waals surface area (Å²) in [7, 11) is 0. The number of nitrogens with zero attached hydrogens (tertiary/aromatic N) is 2. The number of nitrogens with one attached hydrogen (secondary N) is 2. The number of ether oxygens (including phenoxy) is 1. The number of carbonyl (C=O) groups excluding carboxylic acids is 3. The van der Waals surface area contributed by atoms with Gasteiger partial charge in [-0.1, -0.05) is 23.7 Å². The van der Waals surface area contributed by atoms with Crippen molar-refractivity contribution in [3.63, 3.8) is 0 Å². The van der Waals surface area contributed by atoms with Gasteiger partial charge in [-0.2, -0.15) is 5.10 Å². The highest BCUT2D eigenvalue weighted by molar-refractivity contribution is 6.33. The summed E-state index contributed by atoms with van der Waals surface area (Å²) in [6.07, 6.45) is 1.37. The van der Waals surface area contributed by atoms with Gasteiger partial charge in [-0.15, -0.1) is 0 Å². The summed E-state index contributed by atoms with van der Waals surface area (Å²) in [6.45, 7) is -0.293. The van der Waals surface area contributed by atoms with E-state index in [0.717, 1.165) is 0 Å². The van der Waals surface area contributed by atoms with Gasteiger partial charge >= 0.3 is 5.97 Å². The molecule has 0 aliphatic rings. The number of halogens is 1. The molecule has 11 heteroatoms. The van der Waals surface area contributed by atoms with Crippen molar-refractivity contribution in [3.8, 4) is 5.75 Å². The van der Waals surface area contributed by atoms with Crippen LogP contribution in [0.25, 0.3) is 0 Å². The molecule has 0 aromatic heterocycles. The van der Waals surface area contributed by atoms with Gasteiger partial charge in [0.05, 0.1) is 33.8 Å². The van der Waals surface area contributed by atoms with Crippen molar-refractivity contribution in [1.29, 1.82) is 0 Å². The van der Waals surface area contributed by atoms with Gasteiger partial charge in [0.25, 0.3) is 17.5 Å². The van der Waals surface area contributed by atoms with Gasteiger partial charge in [0.1, 0.15) is 5.75 Å². The van der Waals surface area contributed by atoms with Crippen molar-refractivity contribution in [2.24, 2.45) is 5.10 Å². The third-order valence-electron chi connectivity index (χ3n) is 4.34. The molecule has 172 valence electrons. The van der Waals surface area contributed by atoms with E-state index in [4.69, 9.17) is 16.3 Å². The summed E-state index contributed by atoms with van der Waals surface area (Å²) in [5.41, 5.74) is 3.19. The number of rotatable bonds is 8. The third-order valence-corrected chi connectivity index (χ3v) is 4.66. The largest absolute Gasteiger partial charge is 0.423 e. The number of nitro benzene ring substituents is 1. The predicted molar refractivity (Wildman–Crippen MR) is 124 cm³/mol. The van der Waals surface area contributed by atoms with Crippen molar-refractivity contribution in [3.05, 3.63) is 105 Å². The zero-order chi connectivity index (χ0) is 24.5. The van der Waals surface area contributed by atoms with Gasteiger partial charge < -0.3 is 10.1 Å². The Bertz CT molecular complexity index is 1240. The summed E-state index contributed by atoms with van der Waals surface area (Å²) in [4.78, 5) is 46.1. The van der Waals surface area contributed by atoms with Gasteiger partial charge in [0.15, 0.2) is 0 Å². The van der Waals surface area contributed by atoms with Gasteiger partial charge in [-0.3, -0.25) is 19.7 Å². The average Bonchev–Trinajstić information content (AvgIpc) is 2.84.